The summed E-state index contributed by atoms with van der Waals surface area (Å²) in [6, 6.07) is 8.14. The second-order valence-electron chi connectivity index (χ2n) is 7.29. The van der Waals surface area contributed by atoms with E-state index in [9.17, 15) is 14.4 Å². The second-order valence-corrected chi connectivity index (χ2v) is 8.67. The van der Waals surface area contributed by atoms with Crippen molar-refractivity contribution in [3.63, 3.8) is 0 Å². The summed E-state index contributed by atoms with van der Waals surface area (Å²) in [5, 5.41) is 1.47. The van der Waals surface area contributed by atoms with Gasteiger partial charge >= 0.3 is 5.91 Å². The molecule has 3 aromatic rings. The fraction of sp³-hybridized carbons (Fsp3) is 0.333. The van der Waals surface area contributed by atoms with Crippen LogP contribution in [0.25, 0.3) is 10.9 Å². The Balaban J connectivity index is 1.53. The third kappa shape index (κ3) is 4.94. The Bertz CT molecular complexity index is 1160. The SMILES string of the molecule is O=C(CSc1nc2cc(Cl)ccc2c(=O)n1C1CCCCC1)NNC(=O)c1ccco1. The average molecular weight is 461 g/mol. The maximum atomic E-state index is 13.2. The fourth-order valence-electron chi connectivity index (χ4n) is 3.68. The lowest BCUT2D eigenvalue weighted by molar-refractivity contribution is -0.119. The molecule has 2 N–H and O–H groups in total. The molecule has 8 nitrogen and oxygen atoms in total. The van der Waals surface area contributed by atoms with Crippen LogP contribution in [0.3, 0.4) is 0 Å². The molecule has 0 aliphatic heterocycles. The van der Waals surface area contributed by atoms with Crippen LogP contribution >= 0.6 is 23.4 Å². The number of rotatable bonds is 5. The number of carbonyl (C=O) groups is 2. The van der Waals surface area contributed by atoms with Gasteiger partial charge < -0.3 is 4.42 Å². The quantitative estimate of drug-likeness (QED) is 0.341. The van der Waals surface area contributed by atoms with Crippen LogP contribution in [-0.2, 0) is 4.79 Å². The lowest BCUT2D eigenvalue weighted by atomic mass is 9.95. The van der Waals surface area contributed by atoms with E-state index in [1.807, 2.05) is 0 Å². The first kappa shape index (κ1) is 21.5. The highest BCUT2D eigenvalue weighted by Gasteiger charge is 2.22. The molecule has 31 heavy (non-hydrogen) atoms. The van der Waals surface area contributed by atoms with E-state index in [-0.39, 0.29) is 23.1 Å². The molecular weight excluding hydrogens is 440 g/mol. The van der Waals surface area contributed by atoms with Crippen molar-refractivity contribution in [3.05, 3.63) is 57.7 Å². The zero-order chi connectivity index (χ0) is 21.8. The molecule has 1 aliphatic rings. The van der Waals surface area contributed by atoms with E-state index in [1.165, 1.54) is 12.3 Å². The van der Waals surface area contributed by atoms with Crippen molar-refractivity contribution in [1.82, 2.24) is 20.4 Å². The summed E-state index contributed by atoms with van der Waals surface area (Å²) in [5.74, 6) is -0.919. The van der Waals surface area contributed by atoms with Gasteiger partial charge in [-0.1, -0.05) is 42.6 Å². The number of carbonyl (C=O) groups excluding carboxylic acids is 2. The number of aromatic nitrogens is 2. The predicted molar refractivity (Wildman–Crippen MR) is 118 cm³/mol. The molecule has 1 aliphatic carbocycles. The molecule has 1 aromatic carbocycles. The molecule has 0 bridgehead atoms. The minimum atomic E-state index is -0.555. The summed E-state index contributed by atoms with van der Waals surface area (Å²) in [6.07, 6.45) is 6.44. The number of benzene rings is 1. The lowest BCUT2D eigenvalue weighted by Crippen LogP contribution is -2.42. The maximum Gasteiger partial charge on any atom is 0.305 e. The van der Waals surface area contributed by atoms with E-state index in [2.05, 4.69) is 15.8 Å². The Hall–Kier alpha value is -2.78. The molecule has 1 fully saturated rings. The zero-order valence-electron chi connectivity index (χ0n) is 16.6. The number of hydrogen-bond donors (Lipinski definition) is 2. The first-order chi connectivity index (χ1) is 15.0. The molecule has 0 atom stereocenters. The van der Waals surface area contributed by atoms with Gasteiger partial charge in [-0.25, -0.2) is 4.98 Å². The molecule has 0 saturated heterocycles. The Morgan fingerprint density at radius 2 is 2.00 bits per heavy atom. The standard InChI is InChI=1S/C21H21ClN4O4S/c22-13-8-9-15-16(11-13)23-21(26(20(15)29)14-5-2-1-3-6-14)31-12-18(27)24-25-19(28)17-7-4-10-30-17/h4,7-11,14H,1-3,5-6,12H2,(H,24,27)(H,25,28). The monoisotopic (exact) mass is 460 g/mol. The Labute approximate surface area is 187 Å². The Morgan fingerprint density at radius 3 is 2.74 bits per heavy atom. The molecule has 2 heterocycles. The fourth-order valence-corrected chi connectivity index (χ4v) is 4.71. The number of hydrogen-bond acceptors (Lipinski definition) is 6. The summed E-state index contributed by atoms with van der Waals surface area (Å²) in [7, 11) is 0. The Kier molecular flexibility index (Phi) is 6.62. The topological polar surface area (TPSA) is 106 Å². The van der Waals surface area contributed by atoms with E-state index in [1.54, 1.807) is 28.8 Å². The lowest BCUT2D eigenvalue weighted by Gasteiger charge is -2.26. The second kappa shape index (κ2) is 9.57. The molecule has 1 saturated carbocycles. The molecule has 0 unspecified atom stereocenters. The smallest absolute Gasteiger partial charge is 0.305 e. The van der Waals surface area contributed by atoms with Crippen LogP contribution in [0.4, 0.5) is 0 Å². The van der Waals surface area contributed by atoms with E-state index in [4.69, 9.17) is 16.0 Å². The van der Waals surface area contributed by atoms with E-state index >= 15 is 0 Å². The van der Waals surface area contributed by atoms with Crippen molar-refractivity contribution in [1.29, 1.82) is 0 Å². The van der Waals surface area contributed by atoms with Crippen LogP contribution < -0.4 is 16.4 Å². The molecule has 0 radical (unpaired) electrons. The number of nitrogens with zero attached hydrogens (tertiary/aromatic N) is 2. The van der Waals surface area contributed by atoms with Crippen LogP contribution in [-0.4, -0.2) is 27.1 Å². The first-order valence-electron chi connectivity index (χ1n) is 10.0. The van der Waals surface area contributed by atoms with Gasteiger partial charge in [0.1, 0.15) is 0 Å². The van der Waals surface area contributed by atoms with Crippen LogP contribution in [0.2, 0.25) is 5.02 Å². The van der Waals surface area contributed by atoms with Crippen LogP contribution in [0.1, 0.15) is 48.7 Å². The minimum absolute atomic E-state index is 0.0241. The predicted octanol–water partition coefficient (Wildman–Crippen LogP) is 3.70. The van der Waals surface area contributed by atoms with Crippen LogP contribution in [0.5, 0.6) is 0 Å². The van der Waals surface area contributed by atoms with Gasteiger partial charge in [0.2, 0.25) is 5.91 Å². The van der Waals surface area contributed by atoms with Gasteiger partial charge in [-0.3, -0.25) is 29.8 Å². The van der Waals surface area contributed by atoms with Crippen LogP contribution in [0.15, 0.2) is 51.0 Å². The number of thioether (sulfide) groups is 1. The van der Waals surface area contributed by atoms with Crippen molar-refractivity contribution >= 4 is 46.1 Å². The molecule has 10 heteroatoms. The van der Waals surface area contributed by atoms with Crippen molar-refractivity contribution in [2.24, 2.45) is 0 Å². The van der Waals surface area contributed by atoms with Gasteiger partial charge in [0, 0.05) is 11.1 Å². The third-order valence-corrected chi connectivity index (χ3v) is 6.35. The number of hydrazine groups is 1. The third-order valence-electron chi connectivity index (χ3n) is 5.16. The van der Waals surface area contributed by atoms with Gasteiger partial charge in [0.25, 0.3) is 5.56 Å². The summed E-state index contributed by atoms with van der Waals surface area (Å²) < 4.78 is 6.69. The van der Waals surface area contributed by atoms with Gasteiger partial charge in [-0.2, -0.15) is 0 Å². The highest BCUT2D eigenvalue weighted by atomic mass is 35.5. The summed E-state index contributed by atoms with van der Waals surface area (Å²) in [6.45, 7) is 0. The molecule has 2 aromatic heterocycles. The Morgan fingerprint density at radius 1 is 1.19 bits per heavy atom. The van der Waals surface area contributed by atoms with E-state index < -0.39 is 11.8 Å². The zero-order valence-corrected chi connectivity index (χ0v) is 18.2. The molecule has 162 valence electrons. The van der Waals surface area contributed by atoms with Crippen molar-refractivity contribution in [2.75, 3.05) is 5.75 Å². The highest BCUT2D eigenvalue weighted by molar-refractivity contribution is 7.99. The average Bonchev–Trinajstić information content (AvgIpc) is 3.31. The number of nitrogens with one attached hydrogen (secondary N) is 2. The summed E-state index contributed by atoms with van der Waals surface area (Å²) in [4.78, 5) is 42.0. The van der Waals surface area contributed by atoms with Gasteiger partial charge in [0.05, 0.1) is 22.9 Å². The number of furan rings is 1. The van der Waals surface area contributed by atoms with Gasteiger partial charge in [-0.05, 0) is 43.2 Å². The van der Waals surface area contributed by atoms with Crippen LogP contribution in [0, 0.1) is 0 Å². The van der Waals surface area contributed by atoms with Gasteiger partial charge in [-0.15, -0.1) is 0 Å². The molecule has 4 rings (SSSR count). The van der Waals surface area contributed by atoms with E-state index in [0.717, 1.165) is 43.9 Å². The number of amides is 2. The molecule has 0 spiro atoms. The van der Waals surface area contributed by atoms with Gasteiger partial charge in [0.15, 0.2) is 10.9 Å². The minimum Gasteiger partial charge on any atom is -0.459 e. The highest BCUT2D eigenvalue weighted by Crippen LogP contribution is 2.31. The first-order valence-corrected chi connectivity index (χ1v) is 11.4. The van der Waals surface area contributed by atoms with Crippen molar-refractivity contribution < 1.29 is 14.0 Å². The summed E-state index contributed by atoms with van der Waals surface area (Å²) in [5.41, 5.74) is 5.02. The molecular formula is C21H21ClN4O4S. The number of fused-ring (bicyclic) bond motifs is 1. The summed E-state index contributed by atoms with van der Waals surface area (Å²) >= 11 is 7.24. The number of halogens is 1. The largest absolute Gasteiger partial charge is 0.459 e. The molecule has 2 amide bonds. The van der Waals surface area contributed by atoms with Crippen molar-refractivity contribution in [3.8, 4) is 0 Å². The van der Waals surface area contributed by atoms with Crippen molar-refractivity contribution in [2.45, 2.75) is 43.3 Å². The van der Waals surface area contributed by atoms with E-state index in [0.29, 0.717) is 21.1 Å². The maximum absolute atomic E-state index is 13.2. The normalized spacial score (nSPS) is 14.5.